The number of rotatable bonds is 4. The van der Waals surface area contributed by atoms with E-state index in [9.17, 15) is 10.1 Å². The molecule has 2 rings (SSSR count). The van der Waals surface area contributed by atoms with E-state index in [4.69, 9.17) is 0 Å². The van der Waals surface area contributed by atoms with Gasteiger partial charge in [0.15, 0.2) is 0 Å². The van der Waals surface area contributed by atoms with Crippen molar-refractivity contribution in [1.82, 2.24) is 5.32 Å². The van der Waals surface area contributed by atoms with Crippen molar-refractivity contribution in [3.8, 4) is 0 Å². The fourth-order valence-electron chi connectivity index (χ4n) is 2.80. The van der Waals surface area contributed by atoms with Gasteiger partial charge in [0, 0.05) is 24.2 Å². The second kappa shape index (κ2) is 6.66. The lowest BCUT2D eigenvalue weighted by molar-refractivity contribution is -0.385. The van der Waals surface area contributed by atoms with E-state index in [0.29, 0.717) is 6.04 Å². The summed E-state index contributed by atoms with van der Waals surface area (Å²) in [6.45, 7) is 2.57. The number of nitro groups is 1. The van der Waals surface area contributed by atoms with Crippen molar-refractivity contribution in [2.75, 3.05) is 0 Å². The minimum Gasteiger partial charge on any atom is -0.310 e. The van der Waals surface area contributed by atoms with Crippen LogP contribution in [0.2, 0.25) is 0 Å². The summed E-state index contributed by atoms with van der Waals surface area (Å²) in [4.78, 5) is 10.6. The zero-order valence-corrected chi connectivity index (χ0v) is 11.5. The van der Waals surface area contributed by atoms with Crippen LogP contribution in [0.3, 0.4) is 0 Å². The lowest BCUT2D eigenvalue weighted by atomic mass is 10.0. The number of nitro benzene ring substituents is 1. The van der Waals surface area contributed by atoms with Gasteiger partial charge in [0.25, 0.3) is 5.69 Å². The molecule has 0 heterocycles. The molecule has 0 spiro atoms. The maximum Gasteiger partial charge on any atom is 0.272 e. The normalized spacial score (nSPS) is 17.1. The molecule has 1 saturated carbocycles. The molecule has 4 heteroatoms. The predicted molar refractivity (Wildman–Crippen MR) is 76.2 cm³/mol. The SMILES string of the molecule is Cc1c(CNC2CCCCCC2)cccc1[N+](=O)[O-]. The standard InChI is InChI=1S/C15H22N2O2/c1-12-13(7-6-10-15(12)17(18)19)11-16-14-8-4-2-3-5-9-14/h6-7,10,14,16H,2-5,8-9,11H2,1H3. The van der Waals surface area contributed by atoms with Gasteiger partial charge >= 0.3 is 0 Å². The molecule has 104 valence electrons. The van der Waals surface area contributed by atoms with Crippen LogP contribution < -0.4 is 5.32 Å². The first-order chi connectivity index (χ1) is 9.18. The first-order valence-electron chi connectivity index (χ1n) is 7.15. The van der Waals surface area contributed by atoms with Crippen LogP contribution in [0.25, 0.3) is 0 Å². The van der Waals surface area contributed by atoms with Crippen molar-refractivity contribution in [1.29, 1.82) is 0 Å². The maximum atomic E-state index is 10.9. The van der Waals surface area contributed by atoms with Gasteiger partial charge in [-0.15, -0.1) is 0 Å². The Morgan fingerprint density at radius 3 is 2.58 bits per heavy atom. The molecule has 0 bridgehead atoms. The molecule has 1 aromatic carbocycles. The number of nitrogens with one attached hydrogen (secondary N) is 1. The Labute approximate surface area is 114 Å². The van der Waals surface area contributed by atoms with Crippen LogP contribution in [0.4, 0.5) is 5.69 Å². The van der Waals surface area contributed by atoms with E-state index in [1.807, 2.05) is 13.0 Å². The molecule has 0 unspecified atom stereocenters. The largest absolute Gasteiger partial charge is 0.310 e. The molecule has 1 aliphatic carbocycles. The number of hydrogen-bond donors (Lipinski definition) is 1. The van der Waals surface area contributed by atoms with Crippen molar-refractivity contribution in [2.24, 2.45) is 0 Å². The molecular weight excluding hydrogens is 240 g/mol. The molecule has 1 aromatic rings. The quantitative estimate of drug-likeness (QED) is 0.511. The lowest BCUT2D eigenvalue weighted by Gasteiger charge is -2.17. The number of benzene rings is 1. The Morgan fingerprint density at radius 1 is 1.26 bits per heavy atom. The highest BCUT2D eigenvalue weighted by atomic mass is 16.6. The Hall–Kier alpha value is -1.42. The van der Waals surface area contributed by atoms with E-state index >= 15 is 0 Å². The topological polar surface area (TPSA) is 55.2 Å². The molecule has 4 nitrogen and oxygen atoms in total. The lowest BCUT2D eigenvalue weighted by Crippen LogP contribution is -2.28. The average molecular weight is 262 g/mol. The maximum absolute atomic E-state index is 10.9. The third-order valence-electron chi connectivity index (χ3n) is 4.05. The van der Waals surface area contributed by atoms with Gasteiger partial charge in [-0.3, -0.25) is 10.1 Å². The summed E-state index contributed by atoms with van der Waals surface area (Å²) >= 11 is 0. The minimum atomic E-state index is -0.301. The van der Waals surface area contributed by atoms with Gasteiger partial charge in [-0.1, -0.05) is 37.8 Å². The zero-order valence-electron chi connectivity index (χ0n) is 11.5. The van der Waals surface area contributed by atoms with Crippen LogP contribution in [-0.4, -0.2) is 11.0 Å². The van der Waals surface area contributed by atoms with Crippen molar-refractivity contribution in [3.05, 3.63) is 39.4 Å². The molecule has 0 radical (unpaired) electrons. The van der Waals surface area contributed by atoms with E-state index in [1.165, 1.54) is 38.5 Å². The van der Waals surface area contributed by atoms with Gasteiger partial charge in [-0.05, 0) is 25.3 Å². The van der Waals surface area contributed by atoms with E-state index < -0.39 is 0 Å². The van der Waals surface area contributed by atoms with Crippen LogP contribution >= 0.6 is 0 Å². The van der Waals surface area contributed by atoms with Crippen LogP contribution in [0, 0.1) is 17.0 Å². The Morgan fingerprint density at radius 2 is 1.95 bits per heavy atom. The van der Waals surface area contributed by atoms with Crippen molar-refractivity contribution in [2.45, 2.75) is 58.0 Å². The molecule has 0 aliphatic heterocycles. The van der Waals surface area contributed by atoms with Gasteiger partial charge < -0.3 is 5.32 Å². The summed E-state index contributed by atoms with van der Waals surface area (Å²) < 4.78 is 0. The molecule has 1 N–H and O–H groups in total. The molecule has 0 amide bonds. The highest BCUT2D eigenvalue weighted by Crippen LogP contribution is 2.22. The van der Waals surface area contributed by atoms with Crippen LogP contribution in [0.5, 0.6) is 0 Å². The monoisotopic (exact) mass is 262 g/mol. The Bertz CT molecular complexity index is 438. The highest BCUT2D eigenvalue weighted by Gasteiger charge is 2.15. The molecule has 1 aliphatic rings. The predicted octanol–water partition coefficient (Wildman–Crippen LogP) is 3.72. The smallest absolute Gasteiger partial charge is 0.272 e. The summed E-state index contributed by atoms with van der Waals surface area (Å²) in [5, 5.41) is 14.5. The van der Waals surface area contributed by atoms with E-state index in [2.05, 4.69) is 5.32 Å². The first kappa shape index (κ1) is 14.0. The Balaban J connectivity index is 1.99. The summed E-state index contributed by atoms with van der Waals surface area (Å²) in [5.74, 6) is 0. The van der Waals surface area contributed by atoms with Gasteiger partial charge in [0.1, 0.15) is 0 Å². The second-order valence-corrected chi connectivity index (χ2v) is 5.39. The summed E-state index contributed by atoms with van der Waals surface area (Å²) in [5.41, 5.74) is 2.05. The minimum absolute atomic E-state index is 0.222. The van der Waals surface area contributed by atoms with Crippen molar-refractivity contribution >= 4 is 5.69 Å². The molecular formula is C15H22N2O2. The molecule has 19 heavy (non-hydrogen) atoms. The first-order valence-corrected chi connectivity index (χ1v) is 7.15. The van der Waals surface area contributed by atoms with Gasteiger partial charge in [-0.2, -0.15) is 0 Å². The van der Waals surface area contributed by atoms with E-state index in [0.717, 1.165) is 17.7 Å². The molecule has 0 saturated heterocycles. The van der Waals surface area contributed by atoms with Crippen LogP contribution in [0.1, 0.15) is 49.7 Å². The van der Waals surface area contributed by atoms with Gasteiger partial charge in [0.05, 0.1) is 4.92 Å². The van der Waals surface area contributed by atoms with Crippen LogP contribution in [-0.2, 0) is 6.54 Å². The van der Waals surface area contributed by atoms with Crippen molar-refractivity contribution in [3.63, 3.8) is 0 Å². The summed E-state index contributed by atoms with van der Waals surface area (Å²) in [6, 6.07) is 5.90. The van der Waals surface area contributed by atoms with Gasteiger partial charge in [-0.25, -0.2) is 0 Å². The highest BCUT2D eigenvalue weighted by molar-refractivity contribution is 5.44. The zero-order chi connectivity index (χ0) is 13.7. The molecule has 1 fully saturated rings. The number of hydrogen-bond acceptors (Lipinski definition) is 3. The second-order valence-electron chi connectivity index (χ2n) is 5.39. The number of nitrogens with zero attached hydrogens (tertiary/aromatic N) is 1. The summed E-state index contributed by atoms with van der Waals surface area (Å²) in [6.07, 6.45) is 7.74. The van der Waals surface area contributed by atoms with E-state index in [1.54, 1.807) is 12.1 Å². The van der Waals surface area contributed by atoms with Gasteiger partial charge in [0.2, 0.25) is 0 Å². The van der Waals surface area contributed by atoms with E-state index in [-0.39, 0.29) is 10.6 Å². The van der Waals surface area contributed by atoms with Crippen molar-refractivity contribution < 1.29 is 4.92 Å². The molecule has 0 atom stereocenters. The third-order valence-corrected chi connectivity index (χ3v) is 4.05. The molecule has 0 aromatic heterocycles. The fourth-order valence-corrected chi connectivity index (χ4v) is 2.80. The third kappa shape index (κ3) is 3.77. The fraction of sp³-hybridized carbons (Fsp3) is 0.600. The van der Waals surface area contributed by atoms with Crippen LogP contribution in [0.15, 0.2) is 18.2 Å². The average Bonchev–Trinajstić information content (AvgIpc) is 2.66. The summed E-state index contributed by atoms with van der Waals surface area (Å²) in [7, 11) is 0. The Kier molecular flexibility index (Phi) is 4.91.